The van der Waals surface area contributed by atoms with Crippen LogP contribution >= 0.6 is 0 Å². The summed E-state index contributed by atoms with van der Waals surface area (Å²) in [6.45, 7) is 0.127. The molecular formula is C13H18O2. The van der Waals surface area contributed by atoms with Crippen LogP contribution in [-0.2, 0) is 0 Å². The van der Waals surface area contributed by atoms with E-state index in [0.717, 1.165) is 31.4 Å². The predicted octanol–water partition coefficient (Wildman–Crippen LogP) is 2.76. The van der Waals surface area contributed by atoms with Crippen molar-refractivity contribution in [1.29, 1.82) is 0 Å². The van der Waals surface area contributed by atoms with Gasteiger partial charge in [-0.3, -0.25) is 0 Å². The minimum absolute atomic E-state index is 0.127. The molecule has 0 unspecified atom stereocenters. The standard InChI is InChI=1S/C13H18O2/c14-11-13(9-5-2-6-10-13)15-12-7-3-1-4-8-12/h1,3-4,7-8,14H,2,5-6,9-11H2. The van der Waals surface area contributed by atoms with Crippen LogP contribution in [0.2, 0.25) is 0 Å². The summed E-state index contributed by atoms with van der Waals surface area (Å²) in [5, 5.41) is 9.48. The third-order valence-electron chi connectivity index (χ3n) is 3.13. The van der Waals surface area contributed by atoms with Crippen LogP contribution in [-0.4, -0.2) is 17.3 Å². The van der Waals surface area contributed by atoms with E-state index in [9.17, 15) is 5.11 Å². The Morgan fingerprint density at radius 3 is 2.33 bits per heavy atom. The van der Waals surface area contributed by atoms with Gasteiger partial charge in [-0.15, -0.1) is 0 Å². The first-order valence-corrected chi connectivity index (χ1v) is 5.70. The average molecular weight is 206 g/mol. The summed E-state index contributed by atoms with van der Waals surface area (Å²) in [5.74, 6) is 0.869. The highest BCUT2D eigenvalue weighted by Gasteiger charge is 2.33. The van der Waals surface area contributed by atoms with E-state index >= 15 is 0 Å². The van der Waals surface area contributed by atoms with Gasteiger partial charge in [0, 0.05) is 0 Å². The van der Waals surface area contributed by atoms with Gasteiger partial charge in [-0.25, -0.2) is 0 Å². The molecule has 1 aliphatic rings. The lowest BCUT2D eigenvalue weighted by molar-refractivity contribution is -0.0198. The van der Waals surface area contributed by atoms with Crippen LogP contribution in [0.25, 0.3) is 0 Å². The minimum atomic E-state index is -0.320. The van der Waals surface area contributed by atoms with Gasteiger partial charge >= 0.3 is 0 Å². The molecule has 2 rings (SSSR count). The molecule has 1 N–H and O–H groups in total. The van der Waals surface area contributed by atoms with Crippen molar-refractivity contribution in [3.05, 3.63) is 30.3 Å². The highest BCUT2D eigenvalue weighted by molar-refractivity contribution is 5.22. The molecule has 1 aromatic carbocycles. The first-order valence-electron chi connectivity index (χ1n) is 5.70. The van der Waals surface area contributed by atoms with Gasteiger partial charge in [-0.1, -0.05) is 24.6 Å². The Morgan fingerprint density at radius 2 is 1.73 bits per heavy atom. The molecule has 0 heterocycles. The first-order chi connectivity index (χ1) is 7.35. The van der Waals surface area contributed by atoms with Gasteiger partial charge < -0.3 is 9.84 Å². The second kappa shape index (κ2) is 4.67. The van der Waals surface area contributed by atoms with Crippen LogP contribution in [0.1, 0.15) is 32.1 Å². The van der Waals surface area contributed by atoms with Crippen molar-refractivity contribution >= 4 is 0 Å². The van der Waals surface area contributed by atoms with E-state index in [0.29, 0.717) is 0 Å². The van der Waals surface area contributed by atoms with E-state index in [-0.39, 0.29) is 12.2 Å². The molecule has 2 nitrogen and oxygen atoms in total. The number of aliphatic hydroxyl groups is 1. The van der Waals surface area contributed by atoms with Crippen LogP contribution in [0.4, 0.5) is 0 Å². The number of hydrogen-bond donors (Lipinski definition) is 1. The maximum Gasteiger partial charge on any atom is 0.132 e. The van der Waals surface area contributed by atoms with E-state index < -0.39 is 0 Å². The highest BCUT2D eigenvalue weighted by atomic mass is 16.5. The van der Waals surface area contributed by atoms with Gasteiger partial charge in [-0.2, -0.15) is 0 Å². The number of benzene rings is 1. The molecule has 0 saturated heterocycles. The Kier molecular flexibility index (Phi) is 3.27. The summed E-state index contributed by atoms with van der Waals surface area (Å²) in [7, 11) is 0. The number of para-hydroxylation sites is 1. The van der Waals surface area contributed by atoms with Crippen LogP contribution in [0, 0.1) is 0 Å². The van der Waals surface area contributed by atoms with Gasteiger partial charge in [0.15, 0.2) is 0 Å². The van der Waals surface area contributed by atoms with E-state index in [2.05, 4.69) is 0 Å². The fourth-order valence-electron chi connectivity index (χ4n) is 2.23. The number of aliphatic hydroxyl groups excluding tert-OH is 1. The normalized spacial score (nSPS) is 19.8. The molecule has 0 atom stereocenters. The van der Waals surface area contributed by atoms with Crippen molar-refractivity contribution < 1.29 is 9.84 Å². The van der Waals surface area contributed by atoms with Crippen molar-refractivity contribution in [2.24, 2.45) is 0 Å². The molecule has 0 bridgehead atoms. The zero-order chi connectivity index (χ0) is 10.6. The minimum Gasteiger partial charge on any atom is -0.485 e. The lowest BCUT2D eigenvalue weighted by Gasteiger charge is -2.36. The largest absolute Gasteiger partial charge is 0.485 e. The van der Waals surface area contributed by atoms with Crippen LogP contribution < -0.4 is 4.74 Å². The molecule has 1 fully saturated rings. The summed E-state index contributed by atoms with van der Waals surface area (Å²) in [6.07, 6.45) is 5.53. The molecule has 0 aliphatic heterocycles. The number of ether oxygens (including phenoxy) is 1. The Balaban J connectivity index is 2.07. The smallest absolute Gasteiger partial charge is 0.132 e. The number of hydrogen-bond acceptors (Lipinski definition) is 2. The van der Waals surface area contributed by atoms with Gasteiger partial charge in [0.05, 0.1) is 6.61 Å². The molecule has 0 aromatic heterocycles. The topological polar surface area (TPSA) is 29.5 Å². The zero-order valence-corrected chi connectivity index (χ0v) is 8.98. The molecule has 0 radical (unpaired) electrons. The van der Waals surface area contributed by atoms with Gasteiger partial charge in [0.25, 0.3) is 0 Å². The lowest BCUT2D eigenvalue weighted by atomic mass is 9.85. The Morgan fingerprint density at radius 1 is 1.07 bits per heavy atom. The van der Waals surface area contributed by atoms with Gasteiger partial charge in [0.1, 0.15) is 11.4 Å². The summed E-state index contributed by atoms with van der Waals surface area (Å²) in [4.78, 5) is 0. The first kappa shape index (κ1) is 10.5. The van der Waals surface area contributed by atoms with Gasteiger partial charge in [-0.05, 0) is 37.8 Å². The summed E-state index contributed by atoms with van der Waals surface area (Å²) >= 11 is 0. The molecule has 2 heteroatoms. The average Bonchev–Trinajstić information content (AvgIpc) is 2.32. The second-order valence-corrected chi connectivity index (χ2v) is 4.32. The Labute approximate surface area is 90.9 Å². The SMILES string of the molecule is OCC1(Oc2ccccc2)CCCCC1. The molecule has 0 spiro atoms. The molecule has 1 aliphatic carbocycles. The third kappa shape index (κ3) is 2.51. The quantitative estimate of drug-likeness (QED) is 0.824. The van der Waals surface area contributed by atoms with E-state index in [4.69, 9.17) is 4.74 Å². The van der Waals surface area contributed by atoms with Crippen molar-refractivity contribution in [1.82, 2.24) is 0 Å². The lowest BCUT2D eigenvalue weighted by Crippen LogP contribution is -2.41. The third-order valence-corrected chi connectivity index (χ3v) is 3.13. The maximum atomic E-state index is 9.48. The maximum absolute atomic E-state index is 9.48. The number of rotatable bonds is 3. The van der Waals surface area contributed by atoms with Gasteiger partial charge in [0.2, 0.25) is 0 Å². The molecule has 15 heavy (non-hydrogen) atoms. The fraction of sp³-hybridized carbons (Fsp3) is 0.538. The van der Waals surface area contributed by atoms with Crippen molar-refractivity contribution in [2.45, 2.75) is 37.7 Å². The van der Waals surface area contributed by atoms with E-state index in [1.165, 1.54) is 6.42 Å². The fourth-order valence-corrected chi connectivity index (χ4v) is 2.23. The Hall–Kier alpha value is -1.02. The van der Waals surface area contributed by atoms with Crippen molar-refractivity contribution in [3.63, 3.8) is 0 Å². The monoisotopic (exact) mass is 206 g/mol. The zero-order valence-electron chi connectivity index (χ0n) is 8.98. The van der Waals surface area contributed by atoms with E-state index in [1.807, 2.05) is 30.3 Å². The molecule has 1 aromatic rings. The van der Waals surface area contributed by atoms with E-state index in [1.54, 1.807) is 0 Å². The van der Waals surface area contributed by atoms with Crippen molar-refractivity contribution in [2.75, 3.05) is 6.61 Å². The molecular weight excluding hydrogens is 188 g/mol. The summed E-state index contributed by atoms with van der Waals surface area (Å²) in [5.41, 5.74) is -0.320. The Bertz CT molecular complexity index is 289. The molecule has 82 valence electrons. The van der Waals surface area contributed by atoms with Crippen LogP contribution in [0.5, 0.6) is 5.75 Å². The van der Waals surface area contributed by atoms with Crippen molar-refractivity contribution in [3.8, 4) is 5.75 Å². The van der Waals surface area contributed by atoms with Crippen LogP contribution in [0.15, 0.2) is 30.3 Å². The molecule has 1 saturated carbocycles. The summed E-state index contributed by atoms with van der Waals surface area (Å²) in [6, 6.07) is 9.80. The predicted molar refractivity (Wildman–Crippen MR) is 60.0 cm³/mol. The molecule has 0 amide bonds. The van der Waals surface area contributed by atoms with Crippen LogP contribution in [0.3, 0.4) is 0 Å². The summed E-state index contributed by atoms with van der Waals surface area (Å²) < 4.78 is 5.94. The second-order valence-electron chi connectivity index (χ2n) is 4.32. The highest BCUT2D eigenvalue weighted by Crippen LogP contribution is 2.32.